The smallest absolute Gasteiger partial charge is 0.339 e. The summed E-state index contributed by atoms with van der Waals surface area (Å²) in [5, 5.41) is 3.44. The van der Waals surface area contributed by atoms with Crippen LogP contribution in [0.5, 0.6) is 0 Å². The highest BCUT2D eigenvalue weighted by molar-refractivity contribution is 6.04. The van der Waals surface area contributed by atoms with Gasteiger partial charge in [-0.25, -0.2) is 4.79 Å². The molecule has 0 aliphatic heterocycles. The van der Waals surface area contributed by atoms with E-state index in [0.29, 0.717) is 5.56 Å². The Bertz CT molecular complexity index is 710. The molecule has 0 spiro atoms. The van der Waals surface area contributed by atoms with Crippen LogP contribution >= 0.6 is 0 Å². The summed E-state index contributed by atoms with van der Waals surface area (Å²) in [7, 11) is 0. The molecule has 2 rings (SSSR count). The molecular weight excluding hydrogens is 280 g/mol. The molecule has 5 heteroatoms. The van der Waals surface area contributed by atoms with Crippen LogP contribution in [0.1, 0.15) is 36.8 Å². The number of carbonyl (C=O) groups is 2. The summed E-state index contributed by atoms with van der Waals surface area (Å²) in [6, 6.07) is 9.04. The fourth-order valence-corrected chi connectivity index (χ4v) is 2.16. The summed E-state index contributed by atoms with van der Waals surface area (Å²) >= 11 is 0. The van der Waals surface area contributed by atoms with Gasteiger partial charge in [0, 0.05) is 17.1 Å². The minimum absolute atomic E-state index is 0.00217. The summed E-state index contributed by atoms with van der Waals surface area (Å²) in [4.78, 5) is 28.6. The lowest BCUT2D eigenvalue weighted by atomic mass is 10.1. The molecule has 0 saturated heterocycles. The van der Waals surface area contributed by atoms with Crippen molar-refractivity contribution in [3.8, 4) is 0 Å². The number of nitrogens with zero attached hydrogens (tertiary/aromatic N) is 1. The van der Waals surface area contributed by atoms with Gasteiger partial charge in [0.05, 0.1) is 11.1 Å². The molecule has 1 heterocycles. The zero-order valence-electron chi connectivity index (χ0n) is 13.2. The summed E-state index contributed by atoms with van der Waals surface area (Å²) in [6.07, 6.45) is -0.845. The van der Waals surface area contributed by atoms with Gasteiger partial charge in [-0.1, -0.05) is 18.2 Å². The Labute approximate surface area is 129 Å². The van der Waals surface area contributed by atoms with Crippen molar-refractivity contribution < 1.29 is 14.3 Å². The molecule has 0 fully saturated rings. The molecule has 116 valence electrons. The average Bonchev–Trinajstić information content (AvgIpc) is 2.45. The van der Waals surface area contributed by atoms with E-state index in [4.69, 9.17) is 4.74 Å². The van der Waals surface area contributed by atoms with E-state index in [1.807, 2.05) is 45.0 Å². The third-order valence-corrected chi connectivity index (χ3v) is 3.15. The first-order valence-electron chi connectivity index (χ1n) is 7.26. The number of esters is 1. The van der Waals surface area contributed by atoms with E-state index in [1.54, 1.807) is 13.0 Å². The molecule has 1 atom stereocenters. The van der Waals surface area contributed by atoms with Crippen LogP contribution in [0.2, 0.25) is 0 Å². The second-order valence-electron chi connectivity index (χ2n) is 5.54. The Morgan fingerprint density at radius 2 is 1.86 bits per heavy atom. The first kappa shape index (κ1) is 15.9. The number of pyridine rings is 1. The van der Waals surface area contributed by atoms with Gasteiger partial charge in [0.1, 0.15) is 0 Å². The molecule has 0 aliphatic rings. The Hall–Kier alpha value is -2.43. The van der Waals surface area contributed by atoms with Crippen LogP contribution in [0.25, 0.3) is 10.9 Å². The van der Waals surface area contributed by atoms with E-state index in [1.165, 1.54) is 0 Å². The van der Waals surface area contributed by atoms with Crippen molar-refractivity contribution in [3.63, 3.8) is 0 Å². The summed E-state index contributed by atoms with van der Waals surface area (Å²) in [5.74, 6) is -0.827. The van der Waals surface area contributed by atoms with Gasteiger partial charge in [0.15, 0.2) is 6.10 Å². The monoisotopic (exact) mass is 300 g/mol. The predicted octanol–water partition coefficient (Wildman–Crippen LogP) is 2.61. The van der Waals surface area contributed by atoms with Crippen molar-refractivity contribution in [2.45, 2.75) is 39.8 Å². The number of aromatic nitrogens is 1. The quantitative estimate of drug-likeness (QED) is 0.881. The van der Waals surface area contributed by atoms with Crippen LogP contribution in [0.3, 0.4) is 0 Å². The molecule has 0 bridgehead atoms. The summed E-state index contributed by atoms with van der Waals surface area (Å²) in [6.45, 7) is 7.09. The lowest BCUT2D eigenvalue weighted by Crippen LogP contribution is -2.39. The number of benzene rings is 1. The Morgan fingerprint density at radius 3 is 2.55 bits per heavy atom. The van der Waals surface area contributed by atoms with Crippen molar-refractivity contribution in [2.24, 2.45) is 0 Å². The Morgan fingerprint density at radius 1 is 1.18 bits per heavy atom. The first-order valence-corrected chi connectivity index (χ1v) is 7.26. The summed E-state index contributed by atoms with van der Waals surface area (Å²) < 4.78 is 5.28. The van der Waals surface area contributed by atoms with Gasteiger partial charge in [0.25, 0.3) is 5.91 Å². The normalized spacial score (nSPS) is 12.2. The Kier molecular flexibility index (Phi) is 4.75. The minimum atomic E-state index is -0.845. The topological polar surface area (TPSA) is 68.3 Å². The largest absolute Gasteiger partial charge is 0.449 e. The molecular formula is C17H20N2O3. The number of carbonyl (C=O) groups excluding carboxylic acids is 2. The van der Waals surface area contributed by atoms with Gasteiger partial charge in [-0.15, -0.1) is 0 Å². The zero-order chi connectivity index (χ0) is 16.3. The van der Waals surface area contributed by atoms with E-state index < -0.39 is 12.1 Å². The molecule has 0 radical (unpaired) electrons. The molecule has 5 nitrogen and oxygen atoms in total. The third kappa shape index (κ3) is 3.61. The maximum atomic E-state index is 12.4. The third-order valence-electron chi connectivity index (χ3n) is 3.15. The van der Waals surface area contributed by atoms with Crippen molar-refractivity contribution in [1.29, 1.82) is 0 Å². The molecule has 22 heavy (non-hydrogen) atoms. The first-order chi connectivity index (χ1) is 10.4. The lowest BCUT2D eigenvalue weighted by molar-refractivity contribution is -0.129. The lowest BCUT2D eigenvalue weighted by Gasteiger charge is -2.16. The average molecular weight is 300 g/mol. The second kappa shape index (κ2) is 6.56. The Balaban J connectivity index is 2.25. The molecule has 1 aromatic heterocycles. The summed E-state index contributed by atoms with van der Waals surface area (Å²) in [5.41, 5.74) is 1.88. The zero-order valence-corrected chi connectivity index (χ0v) is 13.2. The number of amides is 1. The molecule has 1 N–H and O–H groups in total. The fourth-order valence-electron chi connectivity index (χ4n) is 2.16. The van der Waals surface area contributed by atoms with Crippen molar-refractivity contribution in [2.75, 3.05) is 0 Å². The van der Waals surface area contributed by atoms with Gasteiger partial charge in [-0.2, -0.15) is 0 Å². The SMILES string of the molecule is Cc1cc(C(=O)OC(C)C(=O)NC(C)C)c2ccccc2n1. The second-order valence-corrected chi connectivity index (χ2v) is 5.54. The maximum absolute atomic E-state index is 12.4. The highest BCUT2D eigenvalue weighted by Crippen LogP contribution is 2.19. The van der Waals surface area contributed by atoms with E-state index >= 15 is 0 Å². The van der Waals surface area contributed by atoms with E-state index in [2.05, 4.69) is 10.3 Å². The van der Waals surface area contributed by atoms with Gasteiger partial charge < -0.3 is 10.1 Å². The molecule has 2 aromatic rings. The van der Waals surface area contributed by atoms with Crippen LogP contribution < -0.4 is 5.32 Å². The number of ether oxygens (including phenoxy) is 1. The van der Waals surface area contributed by atoms with Crippen molar-refractivity contribution in [1.82, 2.24) is 10.3 Å². The van der Waals surface area contributed by atoms with Gasteiger partial charge >= 0.3 is 5.97 Å². The minimum Gasteiger partial charge on any atom is -0.449 e. The number of fused-ring (bicyclic) bond motifs is 1. The molecule has 1 amide bonds. The number of para-hydroxylation sites is 1. The standard InChI is InChI=1S/C17H20N2O3/c1-10(2)18-16(20)12(4)22-17(21)14-9-11(3)19-15-8-6-5-7-13(14)15/h5-10,12H,1-4H3,(H,18,20). The van der Waals surface area contributed by atoms with Crippen LogP contribution in [-0.4, -0.2) is 29.0 Å². The van der Waals surface area contributed by atoms with E-state index in [9.17, 15) is 9.59 Å². The van der Waals surface area contributed by atoms with Crippen LogP contribution in [0.15, 0.2) is 30.3 Å². The number of rotatable bonds is 4. The fraction of sp³-hybridized carbons (Fsp3) is 0.353. The molecule has 0 aliphatic carbocycles. The number of aryl methyl sites for hydroxylation is 1. The molecule has 1 unspecified atom stereocenters. The maximum Gasteiger partial charge on any atom is 0.339 e. The number of hydrogen-bond donors (Lipinski definition) is 1. The van der Waals surface area contributed by atoms with Crippen LogP contribution in [0, 0.1) is 6.92 Å². The van der Waals surface area contributed by atoms with Crippen LogP contribution in [0.4, 0.5) is 0 Å². The van der Waals surface area contributed by atoms with Crippen molar-refractivity contribution in [3.05, 3.63) is 41.6 Å². The van der Waals surface area contributed by atoms with Gasteiger partial charge in [-0.05, 0) is 39.8 Å². The number of nitrogens with one attached hydrogen (secondary N) is 1. The molecule has 1 aromatic carbocycles. The van der Waals surface area contributed by atoms with Gasteiger partial charge in [0.2, 0.25) is 0 Å². The molecule has 0 saturated carbocycles. The van der Waals surface area contributed by atoms with Crippen molar-refractivity contribution >= 4 is 22.8 Å². The van der Waals surface area contributed by atoms with E-state index in [-0.39, 0.29) is 11.9 Å². The van der Waals surface area contributed by atoms with E-state index in [0.717, 1.165) is 16.6 Å². The van der Waals surface area contributed by atoms with Gasteiger partial charge in [-0.3, -0.25) is 9.78 Å². The predicted molar refractivity (Wildman–Crippen MR) is 84.6 cm³/mol. The highest BCUT2D eigenvalue weighted by atomic mass is 16.5. The number of hydrogen-bond acceptors (Lipinski definition) is 4. The highest BCUT2D eigenvalue weighted by Gasteiger charge is 2.21. The van der Waals surface area contributed by atoms with Crippen LogP contribution in [-0.2, 0) is 9.53 Å².